The van der Waals surface area contributed by atoms with E-state index in [9.17, 15) is 4.79 Å². The zero-order valence-electron chi connectivity index (χ0n) is 9.53. The van der Waals surface area contributed by atoms with Gasteiger partial charge in [-0.25, -0.2) is 0 Å². The lowest BCUT2D eigenvalue weighted by molar-refractivity contribution is 0.102. The fourth-order valence-electron chi connectivity index (χ4n) is 1.41. The summed E-state index contributed by atoms with van der Waals surface area (Å²) in [5.74, 6) is 0.117. The first kappa shape index (κ1) is 11.7. The van der Waals surface area contributed by atoms with Crippen LogP contribution in [0.2, 0.25) is 0 Å². The largest absolute Gasteiger partial charge is 0.305 e. The number of carbonyl (C=O) groups is 1. The molecule has 0 aromatic heterocycles. The molecule has 0 unspecified atom stereocenters. The van der Waals surface area contributed by atoms with Crippen molar-refractivity contribution in [1.82, 2.24) is 4.90 Å². The third kappa shape index (κ3) is 3.33. The maximum Gasteiger partial charge on any atom is 0.189 e. The van der Waals surface area contributed by atoms with Crippen molar-refractivity contribution in [3.63, 3.8) is 0 Å². The molecule has 0 saturated heterocycles. The number of nitrogens with zero attached hydrogens (tertiary/aromatic N) is 1. The van der Waals surface area contributed by atoms with Crippen molar-refractivity contribution < 1.29 is 4.79 Å². The second-order valence-electron chi connectivity index (χ2n) is 3.75. The number of hydrogen-bond acceptors (Lipinski definition) is 2. The predicted octanol–water partition coefficient (Wildman–Crippen LogP) is 2.38. The number of Topliss-reactive ketones (excluding diaryl/α,β-unsaturated/α-hetero) is 1. The molecule has 0 aliphatic heterocycles. The summed E-state index contributed by atoms with van der Waals surface area (Å²) < 4.78 is 0. The average molecular weight is 203 g/mol. The van der Waals surface area contributed by atoms with Crippen LogP contribution in [0.5, 0.6) is 0 Å². The predicted molar refractivity (Wildman–Crippen MR) is 63.1 cm³/mol. The molecule has 0 saturated carbocycles. The molecule has 0 amide bonds. The molecule has 0 bridgehead atoms. The lowest BCUT2D eigenvalue weighted by Gasteiger charge is -2.12. The van der Waals surface area contributed by atoms with Gasteiger partial charge in [-0.1, -0.05) is 36.4 Å². The Hall–Kier alpha value is -1.41. The van der Waals surface area contributed by atoms with Crippen LogP contribution < -0.4 is 0 Å². The fraction of sp³-hybridized carbons (Fsp3) is 0.308. The van der Waals surface area contributed by atoms with Gasteiger partial charge in [-0.3, -0.25) is 4.79 Å². The van der Waals surface area contributed by atoms with E-state index in [0.29, 0.717) is 6.54 Å². The van der Waals surface area contributed by atoms with Crippen LogP contribution in [-0.2, 0) is 0 Å². The van der Waals surface area contributed by atoms with Gasteiger partial charge in [-0.15, -0.1) is 0 Å². The monoisotopic (exact) mass is 203 g/mol. The quantitative estimate of drug-likeness (QED) is 0.553. The minimum absolute atomic E-state index is 0.117. The van der Waals surface area contributed by atoms with Crippen molar-refractivity contribution in [1.29, 1.82) is 0 Å². The van der Waals surface area contributed by atoms with E-state index in [0.717, 1.165) is 11.1 Å². The molecule has 0 N–H and O–H groups in total. The van der Waals surface area contributed by atoms with Crippen molar-refractivity contribution in [2.75, 3.05) is 20.6 Å². The normalized spacial score (nSPS) is 11.9. The Labute approximate surface area is 91.2 Å². The topological polar surface area (TPSA) is 20.3 Å². The number of ketones is 1. The first-order chi connectivity index (χ1) is 7.15. The van der Waals surface area contributed by atoms with E-state index in [4.69, 9.17) is 0 Å². The third-order valence-electron chi connectivity index (χ3n) is 2.16. The van der Waals surface area contributed by atoms with E-state index in [2.05, 4.69) is 0 Å². The van der Waals surface area contributed by atoms with Crippen LogP contribution in [-0.4, -0.2) is 31.3 Å². The summed E-state index contributed by atoms with van der Waals surface area (Å²) in [6.45, 7) is 2.59. The average Bonchev–Trinajstić information content (AvgIpc) is 2.26. The Morgan fingerprint density at radius 3 is 2.33 bits per heavy atom. The molecule has 0 fully saturated rings. The molecule has 0 aliphatic rings. The summed E-state index contributed by atoms with van der Waals surface area (Å²) in [6, 6.07) is 9.38. The SMILES string of the molecule is C/C=C(\CN(C)C)C(=O)c1ccccc1. The third-order valence-corrected chi connectivity index (χ3v) is 2.16. The van der Waals surface area contributed by atoms with Gasteiger partial charge in [-0.05, 0) is 21.0 Å². The van der Waals surface area contributed by atoms with E-state index in [1.54, 1.807) is 0 Å². The lowest BCUT2D eigenvalue weighted by Crippen LogP contribution is -2.19. The Balaban J connectivity index is 2.84. The molecule has 0 atom stereocenters. The van der Waals surface area contributed by atoms with E-state index in [1.807, 2.05) is 62.3 Å². The van der Waals surface area contributed by atoms with Crippen molar-refractivity contribution in [2.24, 2.45) is 0 Å². The number of hydrogen-bond donors (Lipinski definition) is 0. The molecular weight excluding hydrogens is 186 g/mol. The van der Waals surface area contributed by atoms with E-state index >= 15 is 0 Å². The molecule has 1 aromatic carbocycles. The first-order valence-corrected chi connectivity index (χ1v) is 5.05. The molecule has 0 spiro atoms. The van der Waals surface area contributed by atoms with Gasteiger partial charge in [0.05, 0.1) is 0 Å². The van der Waals surface area contributed by atoms with Gasteiger partial charge in [-0.2, -0.15) is 0 Å². The van der Waals surface area contributed by atoms with Gasteiger partial charge in [0.25, 0.3) is 0 Å². The molecule has 15 heavy (non-hydrogen) atoms. The summed E-state index contributed by atoms with van der Waals surface area (Å²) in [5, 5.41) is 0. The van der Waals surface area contributed by atoms with E-state index in [-0.39, 0.29) is 5.78 Å². The Morgan fingerprint density at radius 1 is 1.27 bits per heavy atom. The first-order valence-electron chi connectivity index (χ1n) is 5.05. The smallest absolute Gasteiger partial charge is 0.189 e. The molecule has 1 aromatic rings. The van der Waals surface area contributed by atoms with Crippen LogP contribution in [0, 0.1) is 0 Å². The highest BCUT2D eigenvalue weighted by molar-refractivity contribution is 6.08. The maximum atomic E-state index is 12.0. The highest BCUT2D eigenvalue weighted by atomic mass is 16.1. The molecule has 80 valence electrons. The van der Waals surface area contributed by atoms with Gasteiger partial charge in [0.1, 0.15) is 0 Å². The van der Waals surface area contributed by atoms with E-state index in [1.165, 1.54) is 0 Å². The molecule has 2 nitrogen and oxygen atoms in total. The van der Waals surface area contributed by atoms with Crippen LogP contribution in [0.25, 0.3) is 0 Å². The number of likely N-dealkylation sites (N-methyl/N-ethyl adjacent to an activating group) is 1. The second-order valence-corrected chi connectivity index (χ2v) is 3.75. The maximum absolute atomic E-state index is 12.0. The minimum atomic E-state index is 0.117. The minimum Gasteiger partial charge on any atom is -0.305 e. The van der Waals surface area contributed by atoms with Crippen molar-refractivity contribution in [3.05, 3.63) is 47.5 Å². The van der Waals surface area contributed by atoms with Crippen LogP contribution in [0.1, 0.15) is 17.3 Å². The van der Waals surface area contributed by atoms with Crippen LogP contribution in [0.3, 0.4) is 0 Å². The molecule has 0 aliphatic carbocycles. The summed E-state index contributed by atoms with van der Waals surface area (Å²) in [7, 11) is 3.92. The molecule has 0 heterocycles. The van der Waals surface area contributed by atoms with Gasteiger partial charge in [0, 0.05) is 17.7 Å². The van der Waals surface area contributed by atoms with Crippen molar-refractivity contribution in [2.45, 2.75) is 6.92 Å². The van der Waals surface area contributed by atoms with Crippen molar-refractivity contribution >= 4 is 5.78 Å². The summed E-state index contributed by atoms with van der Waals surface area (Å²) in [4.78, 5) is 14.0. The van der Waals surface area contributed by atoms with Crippen LogP contribution >= 0.6 is 0 Å². The lowest BCUT2D eigenvalue weighted by atomic mass is 10.0. The number of benzene rings is 1. The van der Waals surface area contributed by atoms with Gasteiger partial charge in [0.15, 0.2) is 5.78 Å². The van der Waals surface area contributed by atoms with Gasteiger partial charge in [0.2, 0.25) is 0 Å². The van der Waals surface area contributed by atoms with Gasteiger partial charge < -0.3 is 4.90 Å². The van der Waals surface area contributed by atoms with Gasteiger partial charge >= 0.3 is 0 Å². The fourth-order valence-corrected chi connectivity index (χ4v) is 1.41. The highest BCUT2D eigenvalue weighted by Gasteiger charge is 2.11. The summed E-state index contributed by atoms with van der Waals surface area (Å²) >= 11 is 0. The Kier molecular flexibility index (Phi) is 4.25. The highest BCUT2D eigenvalue weighted by Crippen LogP contribution is 2.08. The molecule has 1 rings (SSSR count). The number of carbonyl (C=O) groups excluding carboxylic acids is 1. The number of allylic oxidation sites excluding steroid dienone is 1. The second kappa shape index (κ2) is 5.47. The zero-order chi connectivity index (χ0) is 11.3. The summed E-state index contributed by atoms with van der Waals surface area (Å²) in [5.41, 5.74) is 1.60. The number of rotatable bonds is 4. The standard InChI is InChI=1S/C13H17NO/c1-4-11(10-14(2)3)13(15)12-8-6-5-7-9-12/h4-9H,10H2,1-3H3/b11-4+. The Bertz CT molecular complexity index is 352. The zero-order valence-corrected chi connectivity index (χ0v) is 9.53. The molecular formula is C13H17NO. The Morgan fingerprint density at radius 2 is 1.87 bits per heavy atom. The van der Waals surface area contributed by atoms with Crippen LogP contribution in [0.15, 0.2) is 42.0 Å². The van der Waals surface area contributed by atoms with Crippen LogP contribution in [0.4, 0.5) is 0 Å². The summed E-state index contributed by atoms with van der Waals surface area (Å²) in [6.07, 6.45) is 1.88. The van der Waals surface area contributed by atoms with E-state index < -0.39 is 0 Å². The molecule has 2 heteroatoms. The van der Waals surface area contributed by atoms with Crippen molar-refractivity contribution in [3.8, 4) is 0 Å². The molecule has 0 radical (unpaired) electrons.